The van der Waals surface area contributed by atoms with E-state index in [9.17, 15) is 12.8 Å². The Kier molecular flexibility index (Phi) is 5.22. The van der Waals surface area contributed by atoms with Crippen LogP contribution in [-0.4, -0.2) is 33.4 Å². The summed E-state index contributed by atoms with van der Waals surface area (Å²) in [6.07, 6.45) is 2.91. The Labute approximate surface area is 180 Å². The molecule has 0 fully saturated rings. The van der Waals surface area contributed by atoms with Crippen LogP contribution < -0.4 is 4.72 Å². The molecule has 2 heterocycles. The smallest absolute Gasteiger partial charge is 0.261 e. The first-order chi connectivity index (χ1) is 14.3. The van der Waals surface area contributed by atoms with Gasteiger partial charge in [0.15, 0.2) is 5.82 Å². The number of sulfonamides is 1. The zero-order chi connectivity index (χ0) is 21.5. The first kappa shape index (κ1) is 20.3. The molecule has 0 bridgehead atoms. The summed E-state index contributed by atoms with van der Waals surface area (Å²) in [5, 5.41) is 14.6. The Bertz CT molecular complexity index is 1340. The van der Waals surface area contributed by atoms with Crippen molar-refractivity contribution < 1.29 is 12.8 Å². The van der Waals surface area contributed by atoms with Crippen LogP contribution in [0.15, 0.2) is 53.8 Å². The van der Waals surface area contributed by atoms with Gasteiger partial charge in [0, 0.05) is 16.7 Å². The van der Waals surface area contributed by atoms with E-state index < -0.39 is 15.8 Å². The second-order valence-corrected chi connectivity index (χ2v) is 8.79. The summed E-state index contributed by atoms with van der Waals surface area (Å²) >= 11 is 11.9. The average Bonchev–Trinajstić information content (AvgIpc) is 3.37. The molecule has 0 amide bonds. The number of benzene rings is 2. The molecule has 154 valence electrons. The van der Waals surface area contributed by atoms with Crippen molar-refractivity contribution in [3.05, 3.63) is 70.3 Å². The predicted molar refractivity (Wildman–Crippen MR) is 111 cm³/mol. The van der Waals surface area contributed by atoms with Gasteiger partial charge in [-0.3, -0.25) is 14.4 Å². The normalized spacial score (nSPS) is 11.6. The van der Waals surface area contributed by atoms with Crippen molar-refractivity contribution in [3.63, 3.8) is 0 Å². The lowest BCUT2D eigenvalue weighted by molar-refractivity contribution is 0.601. The van der Waals surface area contributed by atoms with Gasteiger partial charge < -0.3 is 0 Å². The van der Waals surface area contributed by atoms with Crippen molar-refractivity contribution >= 4 is 38.9 Å². The molecule has 0 aliphatic rings. The molecular formula is C18H13Cl2FN6O2S. The van der Waals surface area contributed by atoms with E-state index in [-0.39, 0.29) is 27.0 Å². The second-order valence-electron chi connectivity index (χ2n) is 6.29. The molecule has 8 nitrogen and oxygen atoms in total. The molecule has 4 aromatic rings. The molecule has 4 rings (SSSR count). The minimum absolute atomic E-state index is 0.00849. The van der Waals surface area contributed by atoms with E-state index in [2.05, 4.69) is 25.1 Å². The Balaban J connectivity index is 1.83. The molecule has 0 saturated carbocycles. The summed E-state index contributed by atoms with van der Waals surface area (Å²) in [7, 11) is -4.03. The summed E-state index contributed by atoms with van der Waals surface area (Å²) in [6.45, 7) is 1.69. The highest BCUT2D eigenvalue weighted by molar-refractivity contribution is 7.92. The van der Waals surface area contributed by atoms with Gasteiger partial charge in [0.1, 0.15) is 18.0 Å². The van der Waals surface area contributed by atoms with Crippen LogP contribution in [0.4, 0.5) is 10.1 Å². The zero-order valence-electron chi connectivity index (χ0n) is 15.3. The molecule has 0 spiro atoms. The van der Waals surface area contributed by atoms with Gasteiger partial charge in [0.2, 0.25) is 0 Å². The van der Waals surface area contributed by atoms with Crippen molar-refractivity contribution in [2.24, 2.45) is 0 Å². The number of anilines is 1. The third-order valence-corrected chi connectivity index (χ3v) is 6.36. The number of nitrogens with zero attached hydrogens (tertiary/aromatic N) is 4. The lowest BCUT2D eigenvalue weighted by Crippen LogP contribution is -2.14. The fourth-order valence-electron chi connectivity index (χ4n) is 2.78. The first-order valence-electron chi connectivity index (χ1n) is 8.44. The van der Waals surface area contributed by atoms with Crippen molar-refractivity contribution in [2.45, 2.75) is 11.8 Å². The van der Waals surface area contributed by atoms with E-state index in [4.69, 9.17) is 23.2 Å². The SMILES string of the molecule is Cc1cc(S(=O)(=O)Nc2cc(Cl)c(F)cc2-c2nncn2-c2ccn[nH]2)ccc1Cl. The van der Waals surface area contributed by atoms with E-state index in [0.717, 1.165) is 6.07 Å². The highest BCUT2D eigenvalue weighted by Crippen LogP contribution is 2.34. The zero-order valence-corrected chi connectivity index (χ0v) is 17.6. The number of aromatic nitrogens is 5. The van der Waals surface area contributed by atoms with E-state index in [1.165, 1.54) is 41.4 Å². The lowest BCUT2D eigenvalue weighted by atomic mass is 10.1. The molecule has 0 atom stereocenters. The fourth-order valence-corrected chi connectivity index (χ4v) is 4.22. The minimum atomic E-state index is -4.03. The number of rotatable bonds is 5. The summed E-state index contributed by atoms with van der Waals surface area (Å²) in [5.74, 6) is -0.0524. The number of nitrogens with one attached hydrogen (secondary N) is 2. The summed E-state index contributed by atoms with van der Waals surface area (Å²) < 4.78 is 44.1. The third-order valence-electron chi connectivity index (χ3n) is 4.28. The summed E-state index contributed by atoms with van der Waals surface area (Å²) in [5.41, 5.74) is 0.761. The molecule has 0 aliphatic carbocycles. The topological polar surface area (TPSA) is 106 Å². The molecule has 0 aliphatic heterocycles. The maximum atomic E-state index is 14.3. The van der Waals surface area contributed by atoms with Gasteiger partial charge in [0.05, 0.1) is 21.8 Å². The fraction of sp³-hybridized carbons (Fsp3) is 0.0556. The van der Waals surface area contributed by atoms with Crippen LogP contribution in [0, 0.1) is 12.7 Å². The number of aromatic amines is 1. The standard InChI is InChI=1S/C18H13Cl2FN6O2S/c1-10-6-11(2-3-13(10)19)30(28,29)26-16-8-14(20)15(21)7-12(16)18-25-23-9-27(18)17-4-5-22-24-17/h2-9,26H,1H3,(H,22,24). The van der Waals surface area contributed by atoms with Gasteiger partial charge >= 0.3 is 0 Å². The molecule has 0 saturated heterocycles. The quantitative estimate of drug-likeness (QED) is 0.458. The van der Waals surface area contributed by atoms with Crippen LogP contribution >= 0.6 is 23.2 Å². The maximum absolute atomic E-state index is 14.3. The Morgan fingerprint density at radius 2 is 1.93 bits per heavy atom. The minimum Gasteiger partial charge on any atom is -0.279 e. The monoisotopic (exact) mass is 466 g/mol. The van der Waals surface area contributed by atoms with Crippen molar-refractivity contribution in [2.75, 3.05) is 4.72 Å². The van der Waals surface area contributed by atoms with Crippen LogP contribution in [0.1, 0.15) is 5.56 Å². The van der Waals surface area contributed by atoms with Crippen LogP contribution in [0.3, 0.4) is 0 Å². The van der Waals surface area contributed by atoms with Crippen molar-refractivity contribution in [3.8, 4) is 17.2 Å². The number of halogens is 3. The highest BCUT2D eigenvalue weighted by Gasteiger charge is 2.22. The van der Waals surface area contributed by atoms with Crippen molar-refractivity contribution in [1.82, 2.24) is 25.0 Å². The Morgan fingerprint density at radius 1 is 1.13 bits per heavy atom. The van der Waals surface area contributed by atoms with Gasteiger partial charge in [0.25, 0.3) is 10.0 Å². The van der Waals surface area contributed by atoms with Gasteiger partial charge in [-0.25, -0.2) is 12.8 Å². The molecule has 0 unspecified atom stereocenters. The van der Waals surface area contributed by atoms with Crippen LogP contribution in [0.25, 0.3) is 17.2 Å². The number of H-pyrrole nitrogens is 1. The summed E-state index contributed by atoms with van der Waals surface area (Å²) in [6, 6.07) is 8.21. The largest absolute Gasteiger partial charge is 0.279 e. The number of hydrogen-bond donors (Lipinski definition) is 2. The van der Waals surface area contributed by atoms with E-state index >= 15 is 0 Å². The molecule has 2 N–H and O–H groups in total. The van der Waals surface area contributed by atoms with E-state index in [1.807, 2.05) is 0 Å². The summed E-state index contributed by atoms with van der Waals surface area (Å²) in [4.78, 5) is -0.00849. The van der Waals surface area contributed by atoms with Crippen LogP contribution in [0.5, 0.6) is 0 Å². The number of aryl methyl sites for hydroxylation is 1. The first-order valence-corrected chi connectivity index (χ1v) is 10.7. The van der Waals surface area contributed by atoms with Gasteiger partial charge in [-0.05, 0) is 42.8 Å². The van der Waals surface area contributed by atoms with Crippen LogP contribution in [-0.2, 0) is 10.0 Å². The molecule has 2 aromatic heterocycles. The second kappa shape index (κ2) is 7.71. The highest BCUT2D eigenvalue weighted by atomic mass is 35.5. The Morgan fingerprint density at radius 3 is 2.63 bits per heavy atom. The van der Waals surface area contributed by atoms with E-state index in [0.29, 0.717) is 16.4 Å². The van der Waals surface area contributed by atoms with Gasteiger partial charge in [-0.2, -0.15) is 5.10 Å². The molecule has 2 aromatic carbocycles. The Hall–Kier alpha value is -2.95. The average molecular weight is 467 g/mol. The maximum Gasteiger partial charge on any atom is 0.261 e. The van der Waals surface area contributed by atoms with Crippen molar-refractivity contribution in [1.29, 1.82) is 0 Å². The molecule has 12 heteroatoms. The van der Waals surface area contributed by atoms with Gasteiger partial charge in [-0.1, -0.05) is 23.2 Å². The third kappa shape index (κ3) is 3.76. The number of hydrogen-bond acceptors (Lipinski definition) is 5. The van der Waals surface area contributed by atoms with Crippen LogP contribution in [0.2, 0.25) is 10.0 Å². The lowest BCUT2D eigenvalue weighted by Gasteiger charge is -2.14. The van der Waals surface area contributed by atoms with Gasteiger partial charge in [-0.15, -0.1) is 10.2 Å². The molecular weight excluding hydrogens is 454 g/mol. The predicted octanol–water partition coefficient (Wildman–Crippen LogP) is 4.21. The molecule has 0 radical (unpaired) electrons. The molecule has 30 heavy (non-hydrogen) atoms. The van der Waals surface area contributed by atoms with E-state index in [1.54, 1.807) is 13.0 Å².